The van der Waals surface area contributed by atoms with Gasteiger partial charge in [0.2, 0.25) is 6.10 Å². The second-order valence-corrected chi connectivity index (χ2v) is 9.71. The third-order valence-electron chi connectivity index (χ3n) is 3.68. The molecule has 3 heterocycles. The second-order valence-electron chi connectivity index (χ2n) is 5.75. The topological polar surface area (TPSA) is 92.6 Å². The second kappa shape index (κ2) is 8.16. The number of ether oxygens (including phenoxy) is 1. The Kier molecular flexibility index (Phi) is 6.22. The van der Waals surface area contributed by atoms with E-state index in [1.165, 1.54) is 34.9 Å². The maximum Gasteiger partial charge on any atom is 0.396 e. The van der Waals surface area contributed by atoms with Crippen molar-refractivity contribution >= 4 is 64.0 Å². The molecule has 152 valence electrons. The summed E-state index contributed by atoms with van der Waals surface area (Å²) in [6.45, 7) is 1.80. The lowest BCUT2D eigenvalue weighted by molar-refractivity contribution is -0.159. The monoisotopic (exact) mass is 471 g/mol. The maximum atomic E-state index is 12.4. The smallest absolute Gasteiger partial charge is 0.396 e. The molecular formula is C14H12F3N3O4S4. The fraction of sp³-hybridized carbons (Fsp3) is 0.500. The van der Waals surface area contributed by atoms with Crippen molar-refractivity contribution in [2.45, 2.75) is 35.3 Å². The number of hydrogen-bond acceptors (Lipinski definition) is 9. The third kappa shape index (κ3) is 4.60. The van der Waals surface area contributed by atoms with Crippen molar-refractivity contribution in [2.75, 3.05) is 11.5 Å². The van der Waals surface area contributed by atoms with Gasteiger partial charge in [-0.25, -0.2) is 4.79 Å². The number of aryl methyl sites for hydroxylation is 1. The highest BCUT2D eigenvalue weighted by Gasteiger charge is 2.55. The average molecular weight is 472 g/mol. The number of amides is 1. The van der Waals surface area contributed by atoms with Gasteiger partial charge in [0.1, 0.15) is 22.5 Å². The number of halogens is 3. The number of rotatable bonds is 6. The number of aliphatic carboxylic acids is 1. The van der Waals surface area contributed by atoms with Crippen LogP contribution in [0.4, 0.5) is 13.2 Å². The number of carboxylic acids is 1. The zero-order chi connectivity index (χ0) is 20.6. The Balaban J connectivity index is 1.70. The number of β-lactam (4-membered cyclic amide) rings is 1. The number of fused-ring (bicyclic) bond motifs is 1. The molecule has 7 nitrogen and oxygen atoms in total. The molecule has 1 aromatic heterocycles. The number of nitrogens with zero attached hydrogens (tertiary/aromatic N) is 3. The molecule has 0 aromatic carbocycles. The predicted octanol–water partition coefficient (Wildman–Crippen LogP) is 2.86. The maximum absolute atomic E-state index is 12.4. The lowest BCUT2D eigenvalue weighted by atomic mass is 10.1. The minimum Gasteiger partial charge on any atom is -0.477 e. The predicted molar refractivity (Wildman–Crippen MR) is 101 cm³/mol. The molecular weight excluding hydrogens is 459 g/mol. The number of aromatic nitrogens is 2. The van der Waals surface area contributed by atoms with Crippen LogP contribution in [-0.2, 0) is 14.3 Å². The fourth-order valence-electron chi connectivity index (χ4n) is 2.57. The van der Waals surface area contributed by atoms with Crippen molar-refractivity contribution in [3.05, 3.63) is 16.3 Å². The summed E-state index contributed by atoms with van der Waals surface area (Å²) in [6, 6.07) is 0. The van der Waals surface area contributed by atoms with Crippen molar-refractivity contribution in [1.29, 1.82) is 0 Å². The molecule has 2 atom stereocenters. The minimum absolute atomic E-state index is 0.163. The lowest BCUT2D eigenvalue weighted by Gasteiger charge is -2.48. The lowest BCUT2D eigenvalue weighted by Crippen LogP contribution is -2.66. The van der Waals surface area contributed by atoms with Gasteiger partial charge in [0.05, 0.1) is 0 Å². The SMILES string of the molecule is Cc1nnc(SCC2=C(C(=O)O)N3C(=O)[C@@H](OC(=S)CC(F)(F)F)[C@H]3SC2)s1. The molecule has 1 amide bonds. The zero-order valence-corrected chi connectivity index (χ0v) is 17.3. The number of alkyl halides is 3. The Hall–Kier alpha value is -1.38. The van der Waals surface area contributed by atoms with Crippen molar-refractivity contribution in [2.24, 2.45) is 0 Å². The van der Waals surface area contributed by atoms with Crippen LogP contribution in [0.5, 0.6) is 0 Å². The Labute approximate surface area is 174 Å². The molecule has 14 heteroatoms. The summed E-state index contributed by atoms with van der Waals surface area (Å²) in [6.07, 6.45) is -7.19. The van der Waals surface area contributed by atoms with Crippen molar-refractivity contribution < 1.29 is 32.6 Å². The molecule has 0 radical (unpaired) electrons. The van der Waals surface area contributed by atoms with E-state index < -0.39 is 41.0 Å². The van der Waals surface area contributed by atoms with Gasteiger partial charge >= 0.3 is 12.1 Å². The molecule has 28 heavy (non-hydrogen) atoms. The van der Waals surface area contributed by atoms with Crippen LogP contribution in [0.25, 0.3) is 0 Å². The number of thiocarbonyl (C=S) groups is 1. The molecule has 1 aromatic rings. The van der Waals surface area contributed by atoms with E-state index in [4.69, 9.17) is 4.74 Å². The number of carbonyl (C=O) groups is 2. The van der Waals surface area contributed by atoms with Crippen molar-refractivity contribution in [1.82, 2.24) is 15.1 Å². The summed E-state index contributed by atoms with van der Waals surface area (Å²) in [5, 5.41) is 16.7. The largest absolute Gasteiger partial charge is 0.477 e. The van der Waals surface area contributed by atoms with Gasteiger partial charge in [0.15, 0.2) is 9.39 Å². The molecule has 0 aliphatic carbocycles. The minimum atomic E-state index is -4.54. The van der Waals surface area contributed by atoms with E-state index in [1.807, 2.05) is 0 Å². The Bertz CT molecular complexity index is 857. The van der Waals surface area contributed by atoms with Crippen molar-refractivity contribution in [3.63, 3.8) is 0 Å². The number of thioether (sulfide) groups is 2. The first kappa shape index (κ1) is 21.3. The molecule has 3 rings (SSSR count). The molecule has 0 bridgehead atoms. The molecule has 1 N–H and O–H groups in total. The van der Waals surface area contributed by atoms with E-state index >= 15 is 0 Å². The van der Waals surface area contributed by atoms with E-state index in [-0.39, 0.29) is 5.70 Å². The van der Waals surface area contributed by atoms with E-state index in [0.29, 0.717) is 21.4 Å². The molecule has 2 aliphatic rings. The van der Waals surface area contributed by atoms with Gasteiger partial charge in [-0.2, -0.15) is 13.2 Å². The van der Waals surface area contributed by atoms with Gasteiger partial charge in [-0.1, -0.05) is 23.1 Å². The number of carboxylic acid groups (broad SMARTS) is 1. The quantitative estimate of drug-likeness (QED) is 0.382. The van der Waals surface area contributed by atoms with Gasteiger partial charge in [0, 0.05) is 11.5 Å². The van der Waals surface area contributed by atoms with Gasteiger partial charge in [0.25, 0.3) is 5.91 Å². The van der Waals surface area contributed by atoms with E-state index in [0.717, 1.165) is 9.91 Å². The molecule has 1 fully saturated rings. The van der Waals surface area contributed by atoms with Gasteiger partial charge in [-0.05, 0) is 24.7 Å². The summed E-state index contributed by atoms with van der Waals surface area (Å²) in [5.41, 5.74) is 0.361. The third-order valence-corrected chi connectivity index (χ3v) is 7.30. The van der Waals surface area contributed by atoms with Gasteiger partial charge in [-0.15, -0.1) is 22.0 Å². The summed E-state index contributed by atoms with van der Waals surface area (Å²) in [4.78, 5) is 25.1. The highest BCUT2D eigenvalue weighted by molar-refractivity contribution is 8.01. The fourth-order valence-corrected chi connectivity index (χ4v) is 6.10. The first-order chi connectivity index (χ1) is 13.1. The molecule has 0 unspecified atom stereocenters. The zero-order valence-electron chi connectivity index (χ0n) is 14.1. The Morgan fingerprint density at radius 1 is 1.46 bits per heavy atom. The first-order valence-corrected chi connectivity index (χ1v) is 10.9. The Morgan fingerprint density at radius 2 is 2.18 bits per heavy atom. The Morgan fingerprint density at radius 3 is 2.75 bits per heavy atom. The van der Waals surface area contributed by atoms with Crippen LogP contribution in [0, 0.1) is 6.92 Å². The van der Waals surface area contributed by atoms with E-state index in [9.17, 15) is 27.9 Å². The summed E-state index contributed by atoms with van der Waals surface area (Å²) in [5.74, 6) is -1.39. The molecule has 0 saturated carbocycles. The van der Waals surface area contributed by atoms with E-state index in [2.05, 4.69) is 22.4 Å². The van der Waals surface area contributed by atoms with Crippen LogP contribution in [0.1, 0.15) is 11.4 Å². The molecule has 0 spiro atoms. The van der Waals surface area contributed by atoms with Crippen LogP contribution < -0.4 is 0 Å². The highest BCUT2D eigenvalue weighted by Crippen LogP contribution is 2.43. The summed E-state index contributed by atoms with van der Waals surface area (Å²) < 4.78 is 42.8. The first-order valence-electron chi connectivity index (χ1n) is 7.66. The van der Waals surface area contributed by atoms with Crippen molar-refractivity contribution in [3.8, 4) is 0 Å². The van der Waals surface area contributed by atoms with Gasteiger partial charge in [-0.3, -0.25) is 9.69 Å². The average Bonchev–Trinajstić information content (AvgIpc) is 3.00. The van der Waals surface area contributed by atoms with Crippen LogP contribution in [0.3, 0.4) is 0 Å². The van der Waals surface area contributed by atoms with E-state index in [1.54, 1.807) is 6.92 Å². The summed E-state index contributed by atoms with van der Waals surface area (Å²) >= 11 is 8.47. The van der Waals surface area contributed by atoms with Crippen LogP contribution in [0.2, 0.25) is 0 Å². The summed E-state index contributed by atoms with van der Waals surface area (Å²) in [7, 11) is 0. The molecule has 1 saturated heterocycles. The van der Waals surface area contributed by atoms with Crippen LogP contribution >= 0.6 is 47.1 Å². The van der Waals surface area contributed by atoms with Crippen LogP contribution in [-0.4, -0.2) is 66.3 Å². The highest BCUT2D eigenvalue weighted by atomic mass is 32.2. The number of carbonyl (C=O) groups excluding carboxylic acids is 1. The normalized spacial score (nSPS) is 22.0. The van der Waals surface area contributed by atoms with Gasteiger partial charge < -0.3 is 9.84 Å². The number of hydrogen-bond donors (Lipinski definition) is 1. The van der Waals surface area contributed by atoms with Crippen LogP contribution in [0.15, 0.2) is 15.6 Å². The standard InChI is InChI=1S/C14H12F3N3O4S4/c1-5-18-19-13(28-5)27-4-6-3-26-11-9(24-7(25)2-14(15,16)17)10(21)20(11)8(6)12(22)23/h9,11H,2-4H2,1H3,(H,22,23)/t9-,11-/m1/s1. The molecule has 2 aliphatic heterocycles.